The highest BCUT2D eigenvalue weighted by Gasteiger charge is 2.00. The molecule has 0 bridgehead atoms. The maximum absolute atomic E-state index is 10.9. The van der Waals surface area contributed by atoms with E-state index in [2.05, 4.69) is 0 Å². The number of ketones is 1. The summed E-state index contributed by atoms with van der Waals surface area (Å²) in [4.78, 5) is 10.9. The Balaban J connectivity index is 2.36. The van der Waals surface area contributed by atoms with Crippen LogP contribution in [0.4, 0.5) is 0 Å². The normalized spacial score (nSPS) is 8.85. The van der Waals surface area contributed by atoms with Gasteiger partial charge in [0.05, 0.1) is 12.5 Å². The van der Waals surface area contributed by atoms with Crippen LogP contribution in [0.3, 0.4) is 0 Å². The maximum atomic E-state index is 10.9. The second kappa shape index (κ2) is 4.94. The number of nitriles is 1. The molecule has 0 saturated carbocycles. The van der Waals surface area contributed by atoms with E-state index in [4.69, 9.17) is 10.00 Å². The average Bonchev–Trinajstić information content (AvgIpc) is 2.17. The molecule has 0 aromatic heterocycles. The van der Waals surface area contributed by atoms with Crippen molar-refractivity contribution < 1.29 is 9.53 Å². The van der Waals surface area contributed by atoms with E-state index in [0.29, 0.717) is 5.75 Å². The number of rotatable bonds is 4. The minimum atomic E-state index is -0.202. The molecule has 1 rings (SSSR count). The van der Waals surface area contributed by atoms with Gasteiger partial charge in [-0.2, -0.15) is 5.26 Å². The third-order valence-corrected chi connectivity index (χ3v) is 1.42. The van der Waals surface area contributed by atoms with Crippen LogP contribution in [0.25, 0.3) is 0 Å². The summed E-state index contributed by atoms with van der Waals surface area (Å²) in [6.07, 6.45) is -0.0904. The monoisotopic (exact) mass is 175 g/mol. The van der Waals surface area contributed by atoms with Crippen LogP contribution in [0.1, 0.15) is 6.42 Å². The molecule has 0 aliphatic carbocycles. The van der Waals surface area contributed by atoms with E-state index in [1.54, 1.807) is 18.2 Å². The molecule has 13 heavy (non-hydrogen) atoms. The summed E-state index contributed by atoms with van der Waals surface area (Å²) in [5, 5.41) is 8.21. The summed E-state index contributed by atoms with van der Waals surface area (Å²) in [5.74, 6) is 0.445. The van der Waals surface area contributed by atoms with Gasteiger partial charge in [0.15, 0.2) is 5.78 Å². The summed E-state index contributed by atoms with van der Waals surface area (Å²) in [7, 11) is 0. The number of Topliss-reactive ketones (excluding diaryl/α,β-unsaturated/α-hetero) is 1. The Bertz CT molecular complexity index is 313. The zero-order valence-corrected chi connectivity index (χ0v) is 7.06. The molecule has 0 N–H and O–H groups in total. The van der Waals surface area contributed by atoms with Gasteiger partial charge in [-0.1, -0.05) is 18.2 Å². The van der Waals surface area contributed by atoms with E-state index in [-0.39, 0.29) is 18.8 Å². The minimum Gasteiger partial charge on any atom is -0.486 e. The Morgan fingerprint density at radius 2 is 2.08 bits per heavy atom. The van der Waals surface area contributed by atoms with Crippen molar-refractivity contribution in [2.45, 2.75) is 6.42 Å². The van der Waals surface area contributed by atoms with E-state index < -0.39 is 0 Å². The van der Waals surface area contributed by atoms with Crippen molar-refractivity contribution >= 4 is 5.78 Å². The first-order valence-corrected chi connectivity index (χ1v) is 3.89. The molecule has 0 saturated heterocycles. The Kier molecular flexibility index (Phi) is 3.52. The number of nitrogens with zero attached hydrogens (tertiary/aromatic N) is 1. The van der Waals surface area contributed by atoms with E-state index in [1.807, 2.05) is 18.2 Å². The second-order valence-electron chi connectivity index (χ2n) is 2.48. The molecule has 0 aliphatic heterocycles. The number of carbonyl (C=O) groups is 1. The van der Waals surface area contributed by atoms with Gasteiger partial charge in [0.1, 0.15) is 12.4 Å². The van der Waals surface area contributed by atoms with Crippen molar-refractivity contribution in [3.63, 3.8) is 0 Å². The molecule has 3 nitrogen and oxygen atoms in total. The summed E-state index contributed by atoms with van der Waals surface area (Å²) >= 11 is 0. The smallest absolute Gasteiger partial charge is 0.184 e. The fraction of sp³-hybridized carbons (Fsp3) is 0.200. The van der Waals surface area contributed by atoms with Gasteiger partial charge in [0.25, 0.3) is 0 Å². The fourth-order valence-corrected chi connectivity index (χ4v) is 0.820. The summed E-state index contributed by atoms with van der Waals surface area (Å²) < 4.78 is 5.12. The Labute approximate surface area is 76.6 Å². The van der Waals surface area contributed by atoms with Crippen LogP contribution in [0.2, 0.25) is 0 Å². The highest BCUT2D eigenvalue weighted by molar-refractivity contribution is 5.81. The topological polar surface area (TPSA) is 50.1 Å². The predicted octanol–water partition coefficient (Wildman–Crippen LogP) is 1.55. The van der Waals surface area contributed by atoms with Crippen molar-refractivity contribution in [3.05, 3.63) is 30.3 Å². The van der Waals surface area contributed by atoms with E-state index in [0.717, 1.165) is 0 Å². The molecule has 0 unspecified atom stereocenters. The number of hydrogen-bond donors (Lipinski definition) is 0. The lowest BCUT2D eigenvalue weighted by Crippen LogP contribution is -2.09. The minimum absolute atomic E-state index is 0.0302. The first kappa shape index (κ1) is 9.27. The number of ether oxygens (including phenoxy) is 1. The Hall–Kier alpha value is -1.82. The number of para-hydroxylation sites is 1. The molecule has 0 fully saturated rings. The number of carbonyl (C=O) groups excluding carboxylic acids is 1. The SMILES string of the molecule is N#CCC(=O)COc1ccccc1. The standard InChI is InChI=1S/C10H9NO2/c11-7-6-9(12)8-13-10-4-2-1-3-5-10/h1-5H,6,8H2. The van der Waals surface area contributed by atoms with Gasteiger partial charge in [-0.05, 0) is 12.1 Å². The molecule has 0 radical (unpaired) electrons. The van der Waals surface area contributed by atoms with Gasteiger partial charge < -0.3 is 4.74 Å². The molecule has 1 aromatic rings. The number of hydrogen-bond acceptors (Lipinski definition) is 3. The highest BCUT2D eigenvalue weighted by atomic mass is 16.5. The molecule has 0 atom stereocenters. The van der Waals surface area contributed by atoms with Crippen LogP contribution < -0.4 is 4.74 Å². The van der Waals surface area contributed by atoms with Crippen LogP contribution >= 0.6 is 0 Å². The third kappa shape index (κ3) is 3.39. The van der Waals surface area contributed by atoms with Crippen molar-refractivity contribution in [2.75, 3.05) is 6.61 Å². The molecule has 1 aromatic carbocycles. The molecule has 0 amide bonds. The maximum Gasteiger partial charge on any atom is 0.184 e. The van der Waals surface area contributed by atoms with Gasteiger partial charge >= 0.3 is 0 Å². The molecular formula is C10H9NO2. The quantitative estimate of drug-likeness (QED) is 0.697. The lowest BCUT2D eigenvalue weighted by Gasteiger charge is -2.02. The molecule has 0 spiro atoms. The molecule has 0 aliphatic rings. The van der Waals surface area contributed by atoms with Crippen molar-refractivity contribution in [2.24, 2.45) is 0 Å². The zero-order chi connectivity index (χ0) is 9.52. The van der Waals surface area contributed by atoms with Gasteiger partial charge in [0, 0.05) is 0 Å². The number of benzene rings is 1. The van der Waals surface area contributed by atoms with Crippen LogP contribution in [-0.2, 0) is 4.79 Å². The van der Waals surface area contributed by atoms with Gasteiger partial charge in [-0.15, -0.1) is 0 Å². The van der Waals surface area contributed by atoms with E-state index >= 15 is 0 Å². The molecule has 0 heterocycles. The first-order valence-electron chi connectivity index (χ1n) is 3.89. The van der Waals surface area contributed by atoms with Gasteiger partial charge in [-0.25, -0.2) is 0 Å². The van der Waals surface area contributed by atoms with Crippen LogP contribution in [-0.4, -0.2) is 12.4 Å². The van der Waals surface area contributed by atoms with Crippen molar-refractivity contribution in [3.8, 4) is 11.8 Å². The first-order chi connectivity index (χ1) is 6.33. The van der Waals surface area contributed by atoms with E-state index in [1.165, 1.54) is 0 Å². The fourth-order valence-electron chi connectivity index (χ4n) is 0.820. The third-order valence-electron chi connectivity index (χ3n) is 1.42. The van der Waals surface area contributed by atoms with Gasteiger partial charge in [0.2, 0.25) is 0 Å². The van der Waals surface area contributed by atoms with Crippen LogP contribution in [0.15, 0.2) is 30.3 Å². The van der Waals surface area contributed by atoms with Gasteiger partial charge in [-0.3, -0.25) is 4.79 Å². The summed E-state index contributed by atoms with van der Waals surface area (Å²) in [6, 6.07) is 10.8. The predicted molar refractivity (Wildman–Crippen MR) is 47.2 cm³/mol. The Morgan fingerprint density at radius 1 is 1.38 bits per heavy atom. The average molecular weight is 175 g/mol. The lowest BCUT2D eigenvalue weighted by molar-refractivity contribution is -0.120. The van der Waals surface area contributed by atoms with Crippen LogP contribution in [0, 0.1) is 11.3 Å². The molecule has 3 heteroatoms. The van der Waals surface area contributed by atoms with Crippen LogP contribution in [0.5, 0.6) is 5.75 Å². The largest absolute Gasteiger partial charge is 0.486 e. The molecule has 66 valence electrons. The summed E-state index contributed by atoms with van der Waals surface area (Å²) in [6.45, 7) is -0.0302. The van der Waals surface area contributed by atoms with Crippen molar-refractivity contribution in [1.82, 2.24) is 0 Å². The highest BCUT2D eigenvalue weighted by Crippen LogP contribution is 2.07. The summed E-state index contributed by atoms with van der Waals surface area (Å²) in [5.41, 5.74) is 0. The second-order valence-corrected chi connectivity index (χ2v) is 2.48. The zero-order valence-electron chi connectivity index (χ0n) is 7.06. The van der Waals surface area contributed by atoms with Crippen molar-refractivity contribution in [1.29, 1.82) is 5.26 Å². The lowest BCUT2D eigenvalue weighted by atomic mass is 10.3. The Morgan fingerprint density at radius 3 is 2.69 bits per heavy atom. The molecular weight excluding hydrogens is 166 g/mol. The van der Waals surface area contributed by atoms with E-state index in [9.17, 15) is 4.79 Å².